The van der Waals surface area contributed by atoms with Gasteiger partial charge >= 0.3 is 0 Å². The Bertz CT molecular complexity index is 562. The van der Waals surface area contributed by atoms with Crippen molar-refractivity contribution >= 4 is 10.8 Å². The van der Waals surface area contributed by atoms with E-state index in [-0.39, 0.29) is 0 Å². The van der Waals surface area contributed by atoms with E-state index in [0.717, 1.165) is 5.57 Å². The Balaban J connectivity index is 0.000000347. The van der Waals surface area contributed by atoms with Gasteiger partial charge in [0.1, 0.15) is 0 Å². The fraction of sp³-hybridized carbons (Fsp3) is 0.350. The van der Waals surface area contributed by atoms with Gasteiger partial charge in [0.2, 0.25) is 0 Å². The summed E-state index contributed by atoms with van der Waals surface area (Å²) in [5.41, 5.74) is 5.34. The molecule has 2 aromatic rings. The lowest BCUT2D eigenvalue weighted by atomic mass is 10.00. The van der Waals surface area contributed by atoms with Gasteiger partial charge in [0.15, 0.2) is 0 Å². The maximum atomic E-state index is 3.40. The molecule has 0 aliphatic carbocycles. The number of rotatable bonds is 4. The molecule has 0 bridgehead atoms. The van der Waals surface area contributed by atoms with Gasteiger partial charge in [-0.2, -0.15) is 0 Å². The smallest absolute Gasteiger partial charge is 0.0152 e. The van der Waals surface area contributed by atoms with Crippen LogP contribution in [0.4, 0.5) is 0 Å². The molecule has 0 heterocycles. The van der Waals surface area contributed by atoms with Crippen LogP contribution in [0.15, 0.2) is 60.3 Å². The van der Waals surface area contributed by atoms with E-state index in [0.29, 0.717) is 0 Å². The first-order valence-corrected chi connectivity index (χ1v) is 7.49. The number of hydrogen-bond donors (Lipinski definition) is 0. The van der Waals surface area contributed by atoms with Crippen molar-refractivity contribution in [2.75, 3.05) is 0 Å². The summed E-state index contributed by atoms with van der Waals surface area (Å²) >= 11 is 0. The number of aryl methyl sites for hydroxylation is 1. The summed E-state index contributed by atoms with van der Waals surface area (Å²) in [5.74, 6) is 0. The molecule has 0 spiro atoms. The van der Waals surface area contributed by atoms with Gasteiger partial charge in [0, 0.05) is 0 Å². The van der Waals surface area contributed by atoms with Crippen molar-refractivity contribution in [3.05, 3.63) is 65.9 Å². The summed E-state index contributed by atoms with van der Waals surface area (Å²) in [6.07, 6.45) is 5.16. The molecular formula is C20H26. The standard InChI is InChI=1S/C15H18.C5H8/c1-2-3-4-8-13-10-7-11-14-9-5-6-12-15(13)14;1-4-5(2)3/h5-7,9-12H,2-4,8H2,1H3;1H2,2-3H3. The van der Waals surface area contributed by atoms with Crippen LogP contribution in [0, 0.1) is 0 Å². The topological polar surface area (TPSA) is 0 Å². The van der Waals surface area contributed by atoms with Gasteiger partial charge in [0.25, 0.3) is 0 Å². The van der Waals surface area contributed by atoms with Crippen molar-refractivity contribution in [1.29, 1.82) is 0 Å². The highest BCUT2D eigenvalue weighted by atomic mass is 14.0. The minimum atomic E-state index is 1.14. The zero-order chi connectivity index (χ0) is 14.8. The van der Waals surface area contributed by atoms with Crippen LogP contribution >= 0.6 is 0 Å². The van der Waals surface area contributed by atoms with E-state index in [1.165, 1.54) is 42.0 Å². The molecule has 0 aliphatic heterocycles. The molecule has 2 aromatic carbocycles. The molecule has 0 aliphatic rings. The quantitative estimate of drug-likeness (QED) is 0.449. The zero-order valence-electron chi connectivity index (χ0n) is 13.1. The van der Waals surface area contributed by atoms with Crippen LogP contribution in [0.2, 0.25) is 0 Å². The van der Waals surface area contributed by atoms with Gasteiger partial charge in [0.05, 0.1) is 0 Å². The summed E-state index contributed by atoms with van der Waals surface area (Å²) in [6, 6.07) is 15.3. The Labute approximate surface area is 123 Å². The Morgan fingerprint density at radius 2 is 1.65 bits per heavy atom. The fourth-order valence-electron chi connectivity index (χ4n) is 2.08. The molecule has 0 radical (unpaired) electrons. The van der Waals surface area contributed by atoms with E-state index in [4.69, 9.17) is 0 Å². The normalized spacial score (nSPS) is 9.55. The Morgan fingerprint density at radius 3 is 2.30 bits per heavy atom. The van der Waals surface area contributed by atoms with Crippen LogP contribution in [-0.2, 0) is 6.42 Å². The second-order valence-corrected chi connectivity index (χ2v) is 5.27. The van der Waals surface area contributed by atoms with E-state index in [2.05, 4.69) is 61.7 Å². The van der Waals surface area contributed by atoms with E-state index >= 15 is 0 Å². The highest BCUT2D eigenvalue weighted by Gasteiger charge is 1.99. The molecule has 0 aromatic heterocycles. The van der Waals surface area contributed by atoms with Crippen molar-refractivity contribution in [3.63, 3.8) is 0 Å². The summed E-state index contributed by atoms with van der Waals surface area (Å²) in [7, 11) is 0. The van der Waals surface area contributed by atoms with Crippen LogP contribution in [0.25, 0.3) is 10.8 Å². The van der Waals surface area contributed by atoms with Gasteiger partial charge in [-0.3, -0.25) is 0 Å². The van der Waals surface area contributed by atoms with Crippen LogP contribution in [0.1, 0.15) is 45.6 Å². The van der Waals surface area contributed by atoms with Gasteiger partial charge < -0.3 is 0 Å². The summed E-state index contributed by atoms with van der Waals surface area (Å²) < 4.78 is 0. The predicted octanol–water partition coefficient (Wildman–Crippen LogP) is 6.31. The Kier molecular flexibility index (Phi) is 7.47. The van der Waals surface area contributed by atoms with E-state index in [1.54, 1.807) is 0 Å². The van der Waals surface area contributed by atoms with Gasteiger partial charge in [-0.05, 0) is 48.6 Å². The first-order chi connectivity index (χ1) is 9.69. The molecule has 2 rings (SSSR count). The van der Waals surface area contributed by atoms with E-state index < -0.39 is 0 Å². The molecule has 0 unspecified atom stereocenters. The second kappa shape index (κ2) is 9.18. The Morgan fingerprint density at radius 1 is 1.00 bits per heavy atom. The summed E-state index contributed by atoms with van der Waals surface area (Å²) in [5, 5.41) is 2.79. The molecule has 0 atom stereocenters. The van der Waals surface area contributed by atoms with Gasteiger partial charge in [-0.15, -0.1) is 5.73 Å². The molecule has 0 N–H and O–H groups in total. The van der Waals surface area contributed by atoms with Gasteiger partial charge in [-0.25, -0.2) is 0 Å². The highest BCUT2D eigenvalue weighted by Crippen LogP contribution is 2.20. The number of benzene rings is 2. The number of fused-ring (bicyclic) bond motifs is 1. The van der Waals surface area contributed by atoms with Crippen molar-refractivity contribution in [3.8, 4) is 0 Å². The Hall–Kier alpha value is -1.78. The molecule has 0 saturated carbocycles. The minimum absolute atomic E-state index is 1.14. The number of hydrogen-bond acceptors (Lipinski definition) is 0. The molecule has 106 valence electrons. The van der Waals surface area contributed by atoms with Crippen molar-refractivity contribution in [2.24, 2.45) is 0 Å². The summed E-state index contributed by atoms with van der Waals surface area (Å²) in [6.45, 7) is 9.58. The average molecular weight is 266 g/mol. The fourth-order valence-corrected chi connectivity index (χ4v) is 2.08. The first kappa shape index (κ1) is 16.3. The lowest BCUT2D eigenvalue weighted by molar-refractivity contribution is 0.719. The zero-order valence-corrected chi connectivity index (χ0v) is 13.1. The minimum Gasteiger partial charge on any atom is -0.130 e. The van der Waals surface area contributed by atoms with Crippen molar-refractivity contribution in [2.45, 2.75) is 46.5 Å². The lowest BCUT2D eigenvalue weighted by Gasteiger charge is -2.05. The number of allylic oxidation sites excluding steroid dienone is 1. The third-order valence-corrected chi connectivity index (χ3v) is 3.28. The maximum Gasteiger partial charge on any atom is -0.0152 e. The predicted molar refractivity (Wildman–Crippen MR) is 91.2 cm³/mol. The molecule has 0 saturated heterocycles. The molecule has 0 amide bonds. The van der Waals surface area contributed by atoms with Crippen LogP contribution < -0.4 is 0 Å². The maximum absolute atomic E-state index is 3.40. The van der Waals surface area contributed by atoms with Gasteiger partial charge in [-0.1, -0.05) is 68.8 Å². The SMILES string of the molecule is C=C=C(C)C.CCCCCc1cccc2ccccc12. The molecule has 0 fully saturated rings. The van der Waals surface area contributed by atoms with Crippen molar-refractivity contribution in [1.82, 2.24) is 0 Å². The van der Waals surface area contributed by atoms with Crippen LogP contribution in [0.5, 0.6) is 0 Å². The van der Waals surface area contributed by atoms with E-state index in [1.807, 2.05) is 13.8 Å². The largest absolute Gasteiger partial charge is 0.130 e. The van der Waals surface area contributed by atoms with Crippen molar-refractivity contribution < 1.29 is 0 Å². The van der Waals surface area contributed by atoms with Crippen LogP contribution in [0.3, 0.4) is 0 Å². The molecule has 0 nitrogen and oxygen atoms in total. The third-order valence-electron chi connectivity index (χ3n) is 3.28. The molecular weight excluding hydrogens is 240 g/mol. The lowest BCUT2D eigenvalue weighted by Crippen LogP contribution is -1.87. The number of unbranched alkanes of at least 4 members (excludes halogenated alkanes) is 2. The summed E-state index contributed by atoms with van der Waals surface area (Å²) in [4.78, 5) is 0. The highest BCUT2D eigenvalue weighted by molar-refractivity contribution is 5.85. The second-order valence-electron chi connectivity index (χ2n) is 5.27. The average Bonchev–Trinajstić information content (AvgIpc) is 2.48. The monoisotopic (exact) mass is 266 g/mol. The van der Waals surface area contributed by atoms with Crippen LogP contribution in [-0.4, -0.2) is 0 Å². The third kappa shape index (κ3) is 5.47. The van der Waals surface area contributed by atoms with E-state index in [9.17, 15) is 0 Å². The molecule has 20 heavy (non-hydrogen) atoms. The molecule has 0 heteroatoms. The first-order valence-electron chi connectivity index (χ1n) is 7.49.